The monoisotopic (exact) mass is 669 g/mol. The predicted molar refractivity (Wildman–Crippen MR) is 170 cm³/mol. The third-order valence-corrected chi connectivity index (χ3v) is 9.48. The predicted octanol–water partition coefficient (Wildman–Crippen LogP) is 5.31. The maximum absolute atomic E-state index is 16.9. The average Bonchev–Trinajstić information content (AvgIpc) is 3.62. The summed E-state index contributed by atoms with van der Waals surface area (Å²) in [5.41, 5.74) is 11.4. The van der Waals surface area contributed by atoms with Gasteiger partial charge in [-0.25, -0.2) is 23.1 Å². The molecule has 11 nitrogen and oxygen atoms in total. The number of nitrogen functional groups attached to an aromatic ring is 2. The third kappa shape index (κ3) is 5.17. The quantitative estimate of drug-likeness (QED) is 0.232. The number of hydrogen-bond donors (Lipinski definition) is 2. The molecule has 5 aromatic rings. The van der Waals surface area contributed by atoms with Crippen molar-refractivity contribution in [3.63, 3.8) is 0 Å². The van der Waals surface area contributed by atoms with Crippen molar-refractivity contribution >= 4 is 60.6 Å². The smallest absolute Gasteiger partial charge is 0.319 e. The summed E-state index contributed by atoms with van der Waals surface area (Å²) in [4.78, 5) is 20.9. The molecule has 238 valence electrons. The first-order valence-electron chi connectivity index (χ1n) is 13.9. The van der Waals surface area contributed by atoms with E-state index in [4.69, 9.17) is 32.5 Å². The van der Waals surface area contributed by atoms with E-state index in [2.05, 4.69) is 19.9 Å². The number of benzene rings is 2. The second-order valence-electron chi connectivity index (χ2n) is 11.0. The molecule has 0 aliphatic carbocycles. The Labute approximate surface area is 270 Å². The minimum atomic E-state index is -1.13. The van der Waals surface area contributed by atoms with Crippen LogP contribution in [0.3, 0.4) is 0 Å². The number of likely N-dealkylation sites (N-methyl/N-ethyl adjacent to an activating group) is 1. The Balaban J connectivity index is 1.61. The molecule has 0 amide bonds. The standard InChI is InChI=1S/C30H27ClF3N9O2S/c1-12(15-8-38-11-39-27(15)36)43(4)29-13-5-16(31)22(23-17(32)6-18(33)26-21(23)14(7-35)28(37)46-26)24(34)25(13)40-30(41-29)45-20-10-44-9-19(20)42(2)3/h5-6,8,11-12,19-20H,9-10,37H2,1-4H3,(H2,36,38,39)/t12-,19-,20-/m1/s1. The van der Waals surface area contributed by atoms with E-state index in [0.717, 1.165) is 11.3 Å². The van der Waals surface area contributed by atoms with Crippen molar-refractivity contribution in [2.45, 2.75) is 25.1 Å². The van der Waals surface area contributed by atoms with E-state index < -0.39 is 40.7 Å². The molecule has 4 heterocycles. The molecule has 16 heteroatoms. The van der Waals surface area contributed by atoms with Crippen LogP contribution in [0.25, 0.3) is 32.1 Å². The van der Waals surface area contributed by atoms with Crippen LogP contribution in [-0.2, 0) is 4.74 Å². The van der Waals surface area contributed by atoms with Crippen LogP contribution < -0.4 is 21.1 Å². The topological polar surface area (TPSA) is 152 Å². The van der Waals surface area contributed by atoms with E-state index in [-0.39, 0.29) is 66.9 Å². The van der Waals surface area contributed by atoms with Crippen LogP contribution >= 0.6 is 22.9 Å². The van der Waals surface area contributed by atoms with E-state index in [1.807, 2.05) is 32.0 Å². The van der Waals surface area contributed by atoms with Gasteiger partial charge in [0.2, 0.25) is 0 Å². The van der Waals surface area contributed by atoms with Crippen LogP contribution in [0, 0.1) is 28.8 Å². The summed E-state index contributed by atoms with van der Waals surface area (Å²) in [6.07, 6.45) is 2.40. The lowest BCUT2D eigenvalue weighted by Gasteiger charge is -2.29. The number of halogens is 4. The number of nitriles is 1. The Morgan fingerprint density at radius 3 is 2.59 bits per heavy atom. The average molecular weight is 670 g/mol. The molecular formula is C30H27ClF3N9O2S. The molecular weight excluding hydrogens is 643 g/mol. The van der Waals surface area contributed by atoms with Gasteiger partial charge in [0.15, 0.2) is 5.82 Å². The second-order valence-corrected chi connectivity index (χ2v) is 12.5. The summed E-state index contributed by atoms with van der Waals surface area (Å²) >= 11 is 7.46. The number of hydrogen-bond acceptors (Lipinski definition) is 12. The molecule has 3 atom stereocenters. The minimum absolute atomic E-state index is 0.0464. The van der Waals surface area contributed by atoms with Crippen molar-refractivity contribution in [3.8, 4) is 23.2 Å². The van der Waals surface area contributed by atoms with E-state index in [0.29, 0.717) is 18.2 Å². The maximum atomic E-state index is 16.9. The van der Waals surface area contributed by atoms with Crippen LogP contribution in [0.4, 0.5) is 29.8 Å². The van der Waals surface area contributed by atoms with E-state index in [1.165, 1.54) is 12.4 Å². The Bertz CT molecular complexity index is 2060. The molecule has 0 spiro atoms. The Kier molecular flexibility index (Phi) is 8.23. The zero-order chi connectivity index (χ0) is 33.0. The van der Waals surface area contributed by atoms with Crippen molar-refractivity contribution in [3.05, 3.63) is 58.3 Å². The molecule has 1 fully saturated rings. The van der Waals surface area contributed by atoms with Gasteiger partial charge in [0, 0.05) is 46.8 Å². The van der Waals surface area contributed by atoms with E-state index >= 15 is 8.78 Å². The number of nitrogens with zero attached hydrogens (tertiary/aromatic N) is 7. The number of aromatic nitrogens is 4. The highest BCUT2D eigenvalue weighted by atomic mass is 35.5. The Morgan fingerprint density at radius 1 is 1.13 bits per heavy atom. The zero-order valence-corrected chi connectivity index (χ0v) is 26.5. The number of anilines is 3. The van der Waals surface area contributed by atoms with Crippen molar-refractivity contribution in [2.75, 3.05) is 50.7 Å². The van der Waals surface area contributed by atoms with Gasteiger partial charge in [0.05, 0.1) is 40.6 Å². The molecule has 0 bridgehead atoms. The van der Waals surface area contributed by atoms with Gasteiger partial charge in [-0.15, -0.1) is 11.3 Å². The molecule has 0 radical (unpaired) electrons. The highest BCUT2D eigenvalue weighted by molar-refractivity contribution is 7.23. The molecule has 0 unspecified atom stereocenters. The molecule has 4 N–H and O–H groups in total. The van der Waals surface area contributed by atoms with Gasteiger partial charge in [-0.1, -0.05) is 11.6 Å². The van der Waals surface area contributed by atoms with Crippen LogP contribution in [0.5, 0.6) is 6.01 Å². The summed E-state index contributed by atoms with van der Waals surface area (Å²) in [6, 6.07) is 3.09. The normalized spacial score (nSPS) is 17.1. The molecule has 3 aromatic heterocycles. The van der Waals surface area contributed by atoms with Crippen LogP contribution in [0.15, 0.2) is 24.7 Å². The fourth-order valence-electron chi connectivity index (χ4n) is 5.61. The lowest BCUT2D eigenvalue weighted by atomic mass is 9.96. The Hall–Kier alpha value is -4.49. The largest absolute Gasteiger partial charge is 0.456 e. The molecule has 1 saturated heterocycles. The number of ether oxygens (including phenoxy) is 2. The summed E-state index contributed by atoms with van der Waals surface area (Å²) in [5.74, 6) is -2.65. The van der Waals surface area contributed by atoms with Crippen molar-refractivity contribution in [1.82, 2.24) is 24.8 Å². The lowest BCUT2D eigenvalue weighted by Crippen LogP contribution is -2.41. The number of rotatable bonds is 7. The zero-order valence-electron chi connectivity index (χ0n) is 25.0. The summed E-state index contributed by atoms with van der Waals surface area (Å²) in [7, 11) is 5.46. The molecule has 46 heavy (non-hydrogen) atoms. The second kappa shape index (κ2) is 12.0. The number of fused-ring (bicyclic) bond motifs is 2. The van der Waals surface area contributed by atoms with Gasteiger partial charge in [-0.05, 0) is 27.1 Å². The fraction of sp³-hybridized carbons (Fsp3) is 0.300. The van der Waals surface area contributed by atoms with Crippen LogP contribution in [-0.4, -0.2) is 71.3 Å². The first-order chi connectivity index (χ1) is 21.9. The number of nitrogens with two attached hydrogens (primary N) is 2. The Morgan fingerprint density at radius 2 is 1.89 bits per heavy atom. The van der Waals surface area contributed by atoms with Crippen molar-refractivity contribution in [2.24, 2.45) is 0 Å². The van der Waals surface area contributed by atoms with Crippen molar-refractivity contribution < 1.29 is 22.6 Å². The summed E-state index contributed by atoms with van der Waals surface area (Å²) in [5, 5.41) is 9.50. The highest BCUT2D eigenvalue weighted by Gasteiger charge is 2.34. The maximum Gasteiger partial charge on any atom is 0.319 e. The van der Waals surface area contributed by atoms with E-state index in [9.17, 15) is 9.65 Å². The van der Waals surface area contributed by atoms with Crippen molar-refractivity contribution in [1.29, 1.82) is 5.26 Å². The summed E-state index contributed by atoms with van der Waals surface area (Å²) in [6.45, 7) is 2.48. The molecule has 1 aliphatic heterocycles. The van der Waals surface area contributed by atoms with Gasteiger partial charge < -0.3 is 30.7 Å². The van der Waals surface area contributed by atoms with Gasteiger partial charge in [0.25, 0.3) is 0 Å². The fourth-order valence-corrected chi connectivity index (χ4v) is 6.83. The van der Waals surface area contributed by atoms with Gasteiger partial charge in [-0.2, -0.15) is 15.2 Å². The third-order valence-electron chi connectivity index (χ3n) is 8.16. The SMILES string of the molecule is C[C@H](c1cncnc1N)N(C)c1nc(O[C@@H]2COC[C@H]2N(C)C)nc2c(F)c(-c3c(F)cc(F)c4sc(N)c(C#N)c34)c(Cl)cc12. The van der Waals surface area contributed by atoms with Crippen LogP contribution in [0.1, 0.15) is 24.1 Å². The summed E-state index contributed by atoms with van der Waals surface area (Å²) < 4.78 is 59.1. The highest BCUT2D eigenvalue weighted by Crippen LogP contribution is 2.47. The van der Waals surface area contributed by atoms with E-state index in [1.54, 1.807) is 18.1 Å². The van der Waals surface area contributed by atoms with Crippen LogP contribution in [0.2, 0.25) is 5.02 Å². The van der Waals surface area contributed by atoms with Gasteiger partial charge in [0.1, 0.15) is 52.3 Å². The first kappa shape index (κ1) is 31.5. The molecule has 1 aliphatic rings. The minimum Gasteiger partial charge on any atom is -0.456 e. The van der Waals surface area contributed by atoms with Gasteiger partial charge >= 0.3 is 6.01 Å². The lowest BCUT2D eigenvalue weighted by molar-refractivity contribution is 0.117. The molecule has 0 saturated carbocycles. The number of thiophene rings is 1. The molecule has 2 aromatic carbocycles. The first-order valence-corrected chi connectivity index (χ1v) is 15.1. The van der Waals surface area contributed by atoms with Gasteiger partial charge in [-0.3, -0.25) is 0 Å². The molecule has 6 rings (SSSR count).